The lowest BCUT2D eigenvalue weighted by atomic mass is 10.1. The van der Waals surface area contributed by atoms with Crippen molar-refractivity contribution >= 4 is 28.9 Å². The van der Waals surface area contributed by atoms with E-state index in [0.29, 0.717) is 31.0 Å². The standard InChI is InChI=1S/C25H31N5O4/c1-5-33-20(31)12-17-11-18(13-30(17)24(32)34-25(2,3)4)29-14-19(16-9-7-6-8-10-16)21-22(26)27-15-28-23(21)29/h6-10,14-15,17-18H,5,11-13H2,1-4H3,(H2,26,27,28). The molecular weight excluding hydrogens is 434 g/mol. The summed E-state index contributed by atoms with van der Waals surface area (Å²) in [4.78, 5) is 35.7. The lowest BCUT2D eigenvalue weighted by Gasteiger charge is -2.28. The first kappa shape index (κ1) is 23.5. The van der Waals surface area contributed by atoms with Gasteiger partial charge in [-0.3, -0.25) is 4.79 Å². The molecule has 1 aromatic carbocycles. The molecule has 2 N–H and O–H groups in total. The minimum atomic E-state index is -0.647. The summed E-state index contributed by atoms with van der Waals surface area (Å²) in [5.74, 6) is 0.0586. The Labute approximate surface area is 198 Å². The lowest BCUT2D eigenvalue weighted by molar-refractivity contribution is -0.144. The van der Waals surface area contributed by atoms with Crippen molar-refractivity contribution < 1.29 is 19.1 Å². The van der Waals surface area contributed by atoms with Crippen molar-refractivity contribution in [2.75, 3.05) is 18.9 Å². The fraction of sp³-hybridized carbons (Fsp3) is 0.440. The number of anilines is 1. The second-order valence-corrected chi connectivity index (χ2v) is 9.46. The van der Waals surface area contributed by atoms with E-state index in [1.54, 1.807) is 11.8 Å². The third-order valence-electron chi connectivity index (χ3n) is 5.84. The van der Waals surface area contributed by atoms with Gasteiger partial charge in [0.05, 0.1) is 24.5 Å². The first-order chi connectivity index (χ1) is 16.2. The fourth-order valence-corrected chi connectivity index (χ4v) is 4.47. The van der Waals surface area contributed by atoms with Crippen molar-refractivity contribution in [2.24, 2.45) is 0 Å². The molecule has 34 heavy (non-hydrogen) atoms. The van der Waals surface area contributed by atoms with Gasteiger partial charge in [0.15, 0.2) is 0 Å². The highest BCUT2D eigenvalue weighted by Crippen LogP contribution is 2.38. The highest BCUT2D eigenvalue weighted by molar-refractivity contribution is 6.00. The Balaban J connectivity index is 1.72. The molecule has 0 aliphatic carbocycles. The molecule has 1 saturated heterocycles. The third kappa shape index (κ3) is 4.83. The Morgan fingerprint density at radius 2 is 1.91 bits per heavy atom. The zero-order chi connectivity index (χ0) is 24.5. The number of likely N-dealkylation sites (tertiary alicyclic amines) is 1. The Bertz CT molecular complexity index is 1190. The van der Waals surface area contributed by atoms with Crippen LogP contribution in [0.15, 0.2) is 42.9 Å². The van der Waals surface area contributed by atoms with Crippen molar-refractivity contribution in [3.8, 4) is 11.1 Å². The van der Waals surface area contributed by atoms with Crippen LogP contribution in [0.5, 0.6) is 0 Å². The molecule has 0 saturated carbocycles. The van der Waals surface area contributed by atoms with Gasteiger partial charge in [0.2, 0.25) is 0 Å². The number of hydrogen-bond donors (Lipinski definition) is 1. The largest absolute Gasteiger partial charge is 0.466 e. The SMILES string of the molecule is CCOC(=O)CC1CC(n2cc(-c3ccccc3)c3c(N)ncnc32)CN1C(=O)OC(C)(C)C. The summed E-state index contributed by atoms with van der Waals surface area (Å²) in [7, 11) is 0. The topological polar surface area (TPSA) is 113 Å². The predicted octanol–water partition coefficient (Wildman–Crippen LogP) is 4.18. The Morgan fingerprint density at radius 3 is 2.59 bits per heavy atom. The highest BCUT2D eigenvalue weighted by Gasteiger charge is 2.40. The molecule has 9 nitrogen and oxygen atoms in total. The van der Waals surface area contributed by atoms with Crippen LogP contribution in [0.3, 0.4) is 0 Å². The molecule has 0 spiro atoms. The molecule has 3 heterocycles. The molecule has 2 aromatic heterocycles. The number of amides is 1. The second kappa shape index (κ2) is 9.32. The number of esters is 1. The van der Waals surface area contributed by atoms with Gasteiger partial charge in [-0.1, -0.05) is 30.3 Å². The number of nitrogens with two attached hydrogens (primary N) is 1. The van der Waals surface area contributed by atoms with Crippen molar-refractivity contribution in [2.45, 2.75) is 58.2 Å². The maximum absolute atomic E-state index is 13.0. The average Bonchev–Trinajstić information content (AvgIpc) is 3.36. The molecule has 1 fully saturated rings. The van der Waals surface area contributed by atoms with E-state index < -0.39 is 11.7 Å². The Morgan fingerprint density at radius 1 is 1.18 bits per heavy atom. The smallest absolute Gasteiger partial charge is 0.410 e. The summed E-state index contributed by atoms with van der Waals surface area (Å²) in [5.41, 5.74) is 8.23. The van der Waals surface area contributed by atoms with Gasteiger partial charge in [0.1, 0.15) is 23.4 Å². The zero-order valence-corrected chi connectivity index (χ0v) is 20.0. The first-order valence-electron chi connectivity index (χ1n) is 11.5. The monoisotopic (exact) mass is 465 g/mol. The van der Waals surface area contributed by atoms with Crippen LogP contribution >= 0.6 is 0 Å². The van der Waals surface area contributed by atoms with Gasteiger partial charge in [0.25, 0.3) is 0 Å². The number of aromatic nitrogens is 3. The Hall–Kier alpha value is -3.62. The molecule has 1 aliphatic heterocycles. The molecule has 1 amide bonds. The second-order valence-electron chi connectivity index (χ2n) is 9.46. The molecule has 3 aromatic rings. The molecule has 0 radical (unpaired) electrons. The number of hydrogen-bond acceptors (Lipinski definition) is 7. The van der Waals surface area contributed by atoms with E-state index in [9.17, 15) is 9.59 Å². The minimum absolute atomic E-state index is 0.103. The molecule has 4 rings (SSSR count). The van der Waals surface area contributed by atoms with Gasteiger partial charge in [0, 0.05) is 24.3 Å². The van der Waals surface area contributed by atoms with E-state index in [4.69, 9.17) is 15.2 Å². The number of nitrogen functional groups attached to an aromatic ring is 1. The number of benzene rings is 1. The highest BCUT2D eigenvalue weighted by atomic mass is 16.6. The number of carbonyl (C=O) groups excluding carboxylic acids is 2. The summed E-state index contributed by atoms with van der Waals surface area (Å²) < 4.78 is 12.8. The van der Waals surface area contributed by atoms with Gasteiger partial charge in [-0.15, -0.1) is 0 Å². The number of nitrogens with zero attached hydrogens (tertiary/aromatic N) is 4. The Kier molecular flexibility index (Phi) is 6.45. The van der Waals surface area contributed by atoms with Gasteiger partial charge in [-0.05, 0) is 39.7 Å². The van der Waals surface area contributed by atoms with E-state index in [1.165, 1.54) is 6.33 Å². The van der Waals surface area contributed by atoms with Crippen LogP contribution in [0, 0.1) is 0 Å². The van der Waals surface area contributed by atoms with E-state index >= 15 is 0 Å². The van der Waals surface area contributed by atoms with E-state index in [0.717, 1.165) is 16.5 Å². The van der Waals surface area contributed by atoms with Gasteiger partial charge in [-0.25, -0.2) is 14.8 Å². The van der Waals surface area contributed by atoms with E-state index in [2.05, 4.69) is 9.97 Å². The number of carbonyl (C=O) groups is 2. The van der Waals surface area contributed by atoms with Gasteiger partial charge >= 0.3 is 12.1 Å². The summed E-state index contributed by atoms with van der Waals surface area (Å²) in [6.45, 7) is 7.90. The first-order valence-corrected chi connectivity index (χ1v) is 11.5. The predicted molar refractivity (Wildman–Crippen MR) is 129 cm³/mol. The third-order valence-corrected chi connectivity index (χ3v) is 5.84. The molecule has 9 heteroatoms. The molecular formula is C25H31N5O4. The number of fused-ring (bicyclic) bond motifs is 1. The summed E-state index contributed by atoms with van der Waals surface area (Å²) in [6.07, 6.45) is 3.67. The summed E-state index contributed by atoms with van der Waals surface area (Å²) in [5, 5.41) is 0.770. The van der Waals surface area contributed by atoms with Crippen molar-refractivity contribution in [1.82, 2.24) is 19.4 Å². The number of ether oxygens (including phenoxy) is 2. The number of rotatable bonds is 5. The van der Waals surface area contributed by atoms with Crippen molar-refractivity contribution in [1.29, 1.82) is 0 Å². The summed E-state index contributed by atoms with van der Waals surface area (Å²) in [6, 6.07) is 9.43. The average molecular weight is 466 g/mol. The maximum atomic E-state index is 13.0. The van der Waals surface area contributed by atoms with Crippen LogP contribution in [-0.2, 0) is 14.3 Å². The molecule has 2 atom stereocenters. The quantitative estimate of drug-likeness (QED) is 0.562. The van der Waals surface area contributed by atoms with E-state index in [-0.39, 0.29) is 24.5 Å². The molecule has 2 unspecified atom stereocenters. The fourth-order valence-electron chi connectivity index (χ4n) is 4.47. The van der Waals surface area contributed by atoms with E-state index in [1.807, 2.05) is 61.9 Å². The van der Waals surface area contributed by atoms with Crippen LogP contribution < -0.4 is 5.73 Å². The minimum Gasteiger partial charge on any atom is -0.466 e. The molecule has 180 valence electrons. The molecule has 1 aliphatic rings. The van der Waals surface area contributed by atoms with Crippen LogP contribution in [0.25, 0.3) is 22.2 Å². The lowest BCUT2D eigenvalue weighted by Crippen LogP contribution is -2.41. The van der Waals surface area contributed by atoms with Gasteiger partial charge < -0.3 is 24.7 Å². The van der Waals surface area contributed by atoms with Crippen molar-refractivity contribution in [3.63, 3.8) is 0 Å². The van der Waals surface area contributed by atoms with Gasteiger partial charge in [-0.2, -0.15) is 0 Å². The summed E-state index contributed by atoms with van der Waals surface area (Å²) >= 11 is 0. The normalized spacial score (nSPS) is 18.3. The van der Waals surface area contributed by atoms with Crippen LogP contribution in [0.2, 0.25) is 0 Å². The van der Waals surface area contributed by atoms with Crippen LogP contribution in [-0.4, -0.2) is 56.3 Å². The van der Waals surface area contributed by atoms with Crippen LogP contribution in [0.1, 0.15) is 46.6 Å². The van der Waals surface area contributed by atoms with Crippen molar-refractivity contribution in [3.05, 3.63) is 42.9 Å². The zero-order valence-electron chi connectivity index (χ0n) is 20.0. The maximum Gasteiger partial charge on any atom is 0.410 e. The molecule has 0 bridgehead atoms. The van der Waals surface area contributed by atoms with Crippen LogP contribution in [0.4, 0.5) is 10.6 Å².